The van der Waals surface area contributed by atoms with E-state index in [-0.39, 0.29) is 5.41 Å². The van der Waals surface area contributed by atoms with Crippen LogP contribution in [-0.4, -0.2) is 16.5 Å². The first-order valence-electron chi connectivity index (χ1n) is 11.3. The average Bonchev–Trinajstić information content (AvgIpc) is 2.98. The van der Waals surface area contributed by atoms with E-state index in [2.05, 4.69) is 26.2 Å². The number of Topliss-reactive ketones (excluding diaryl/α,β-unsaturated/α-hetero) is 1. The Morgan fingerprint density at radius 3 is 2.52 bits per heavy atom. The lowest BCUT2D eigenvalue weighted by Gasteiger charge is -2.62. The van der Waals surface area contributed by atoms with Crippen LogP contribution in [0.2, 0.25) is 0 Å². The first-order chi connectivity index (χ1) is 12.7. The fourth-order valence-electron chi connectivity index (χ4n) is 8.44. The van der Waals surface area contributed by atoms with Gasteiger partial charge in [-0.15, -0.1) is 5.73 Å². The molecule has 150 valence electrons. The van der Waals surface area contributed by atoms with Crippen LogP contribution in [0.25, 0.3) is 0 Å². The van der Waals surface area contributed by atoms with Gasteiger partial charge in [-0.05, 0) is 105 Å². The van der Waals surface area contributed by atoms with Crippen molar-refractivity contribution in [2.45, 2.75) is 90.6 Å². The van der Waals surface area contributed by atoms with E-state index in [4.69, 9.17) is 0 Å². The fraction of sp³-hybridized carbons (Fsp3) is 0.840. The molecule has 0 radical (unpaired) electrons. The van der Waals surface area contributed by atoms with E-state index < -0.39 is 5.60 Å². The van der Waals surface area contributed by atoms with Gasteiger partial charge in [-0.2, -0.15) is 0 Å². The van der Waals surface area contributed by atoms with Crippen LogP contribution in [0.5, 0.6) is 0 Å². The molecule has 0 amide bonds. The van der Waals surface area contributed by atoms with Gasteiger partial charge in [0.25, 0.3) is 0 Å². The summed E-state index contributed by atoms with van der Waals surface area (Å²) in [6.45, 7) is 10.5. The van der Waals surface area contributed by atoms with E-state index in [9.17, 15) is 9.90 Å². The van der Waals surface area contributed by atoms with Crippen LogP contribution < -0.4 is 0 Å². The largest absolute Gasteiger partial charge is 0.390 e. The van der Waals surface area contributed by atoms with Crippen LogP contribution in [0, 0.1) is 40.4 Å². The summed E-state index contributed by atoms with van der Waals surface area (Å²) < 4.78 is 0. The highest BCUT2D eigenvalue weighted by atomic mass is 16.3. The lowest BCUT2D eigenvalue weighted by molar-refractivity contribution is -0.152. The standard InChI is InChI=1S/C25H38O2/c1-5-6-12-25(27)15-14-23(3)18(16-25)7-8-19-21-10-9-20(17(2)26)24(21,4)13-11-22(19)23/h6,18-22,27H,1,7-16H2,2-4H3/t18-,19?,20+,21?,22?,23-,24+,25+/m0/s1. The quantitative estimate of drug-likeness (QED) is 0.647. The molecule has 1 N–H and O–H groups in total. The van der Waals surface area contributed by atoms with E-state index in [1.165, 1.54) is 32.1 Å². The van der Waals surface area contributed by atoms with Crippen LogP contribution in [0.1, 0.15) is 85.0 Å². The van der Waals surface area contributed by atoms with Gasteiger partial charge >= 0.3 is 0 Å². The highest BCUT2D eigenvalue weighted by Crippen LogP contribution is 2.68. The summed E-state index contributed by atoms with van der Waals surface area (Å²) in [6.07, 6.45) is 13.1. The lowest BCUT2D eigenvalue weighted by Crippen LogP contribution is -2.56. The van der Waals surface area contributed by atoms with Crippen LogP contribution in [-0.2, 0) is 4.79 Å². The third-order valence-electron chi connectivity index (χ3n) is 9.94. The van der Waals surface area contributed by atoms with Crippen LogP contribution in [0.15, 0.2) is 18.4 Å². The van der Waals surface area contributed by atoms with Crippen molar-refractivity contribution in [2.75, 3.05) is 0 Å². The molecule has 0 bridgehead atoms. The monoisotopic (exact) mass is 370 g/mol. The fourth-order valence-corrected chi connectivity index (χ4v) is 8.44. The molecule has 0 aromatic carbocycles. The molecular formula is C25H38O2. The van der Waals surface area contributed by atoms with Crippen LogP contribution >= 0.6 is 0 Å². The minimum atomic E-state index is -0.544. The van der Waals surface area contributed by atoms with E-state index in [0.717, 1.165) is 43.4 Å². The number of carbonyl (C=O) groups excluding carboxylic acids is 1. The predicted molar refractivity (Wildman–Crippen MR) is 109 cm³/mol. The van der Waals surface area contributed by atoms with Gasteiger partial charge in [-0.1, -0.05) is 20.4 Å². The van der Waals surface area contributed by atoms with Crippen molar-refractivity contribution in [3.8, 4) is 0 Å². The molecule has 4 fully saturated rings. The van der Waals surface area contributed by atoms with Crippen molar-refractivity contribution in [3.05, 3.63) is 18.4 Å². The Morgan fingerprint density at radius 1 is 1.07 bits per heavy atom. The van der Waals surface area contributed by atoms with E-state index in [1.807, 2.05) is 13.0 Å². The first kappa shape index (κ1) is 19.5. The number of rotatable bonds is 3. The maximum Gasteiger partial charge on any atom is 0.133 e. The molecule has 27 heavy (non-hydrogen) atoms. The van der Waals surface area contributed by atoms with Crippen molar-refractivity contribution >= 4 is 5.78 Å². The van der Waals surface area contributed by atoms with Gasteiger partial charge in [-0.3, -0.25) is 4.79 Å². The molecular weight excluding hydrogens is 332 g/mol. The number of fused-ring (bicyclic) bond motifs is 5. The minimum absolute atomic E-state index is 0.250. The molecule has 0 heterocycles. The zero-order valence-electron chi connectivity index (χ0n) is 17.6. The third kappa shape index (κ3) is 2.90. The highest BCUT2D eigenvalue weighted by molar-refractivity contribution is 5.79. The molecule has 0 aliphatic heterocycles. The molecule has 4 saturated carbocycles. The Labute approximate surface area is 165 Å². The summed E-state index contributed by atoms with van der Waals surface area (Å²) in [5.74, 6) is 3.71. The number of ketones is 1. The minimum Gasteiger partial charge on any atom is -0.390 e. The molecule has 0 aromatic rings. The molecule has 3 unspecified atom stereocenters. The number of carbonyl (C=O) groups is 1. The number of aliphatic hydroxyl groups is 1. The molecule has 4 rings (SSSR count). The van der Waals surface area contributed by atoms with Gasteiger partial charge < -0.3 is 5.11 Å². The summed E-state index contributed by atoms with van der Waals surface area (Å²) in [4.78, 5) is 12.3. The number of hydrogen-bond donors (Lipinski definition) is 1. The average molecular weight is 371 g/mol. The van der Waals surface area contributed by atoms with Gasteiger partial charge in [0.1, 0.15) is 5.78 Å². The zero-order valence-corrected chi connectivity index (χ0v) is 17.6. The SMILES string of the molecule is C=C=CC[C@@]1(O)CC[C@]2(C)C3CC[C@@]4(C)C(CC[C@@H]4C(C)=O)C3CC[C@H]2C1. The van der Waals surface area contributed by atoms with Crippen LogP contribution in [0.4, 0.5) is 0 Å². The number of hydrogen-bond acceptors (Lipinski definition) is 2. The summed E-state index contributed by atoms with van der Waals surface area (Å²) in [5, 5.41) is 11.1. The summed E-state index contributed by atoms with van der Waals surface area (Å²) >= 11 is 0. The Balaban J connectivity index is 1.56. The molecule has 8 atom stereocenters. The van der Waals surface area contributed by atoms with Crippen molar-refractivity contribution in [3.63, 3.8) is 0 Å². The molecule has 0 aromatic heterocycles. The Kier molecular flexibility index (Phi) is 4.76. The first-order valence-corrected chi connectivity index (χ1v) is 11.3. The van der Waals surface area contributed by atoms with Crippen molar-refractivity contribution < 1.29 is 9.90 Å². The topological polar surface area (TPSA) is 37.3 Å². The molecule has 2 nitrogen and oxygen atoms in total. The summed E-state index contributed by atoms with van der Waals surface area (Å²) in [5.41, 5.74) is 2.93. The normalized spacial score (nSPS) is 51.5. The second-order valence-corrected chi connectivity index (χ2v) is 11.0. The Bertz CT molecular complexity index is 661. The Morgan fingerprint density at radius 2 is 1.81 bits per heavy atom. The molecule has 4 aliphatic carbocycles. The smallest absolute Gasteiger partial charge is 0.133 e. The van der Waals surface area contributed by atoms with Crippen molar-refractivity contribution in [1.82, 2.24) is 0 Å². The molecule has 4 aliphatic rings. The van der Waals surface area contributed by atoms with Gasteiger partial charge in [0, 0.05) is 12.3 Å². The van der Waals surface area contributed by atoms with E-state index in [0.29, 0.717) is 29.5 Å². The summed E-state index contributed by atoms with van der Waals surface area (Å²) in [7, 11) is 0. The highest BCUT2D eigenvalue weighted by Gasteiger charge is 2.61. The van der Waals surface area contributed by atoms with Gasteiger partial charge in [-0.25, -0.2) is 0 Å². The van der Waals surface area contributed by atoms with Crippen LogP contribution in [0.3, 0.4) is 0 Å². The molecule has 0 spiro atoms. The zero-order chi connectivity index (χ0) is 19.4. The maximum absolute atomic E-state index is 12.3. The van der Waals surface area contributed by atoms with Crippen molar-refractivity contribution in [1.29, 1.82) is 0 Å². The second-order valence-electron chi connectivity index (χ2n) is 11.0. The van der Waals surface area contributed by atoms with Crippen molar-refractivity contribution in [2.24, 2.45) is 40.4 Å². The van der Waals surface area contributed by atoms with E-state index in [1.54, 1.807) is 0 Å². The maximum atomic E-state index is 12.3. The van der Waals surface area contributed by atoms with Gasteiger partial charge in [0.2, 0.25) is 0 Å². The predicted octanol–water partition coefficient (Wildman–Crippen LogP) is 5.70. The second kappa shape index (κ2) is 6.60. The lowest BCUT2D eigenvalue weighted by atomic mass is 9.43. The van der Waals surface area contributed by atoms with Gasteiger partial charge in [0.05, 0.1) is 5.60 Å². The Hall–Kier alpha value is -0.850. The van der Waals surface area contributed by atoms with Gasteiger partial charge in [0.15, 0.2) is 0 Å². The molecule has 0 saturated heterocycles. The summed E-state index contributed by atoms with van der Waals surface area (Å²) in [6, 6.07) is 0. The van der Waals surface area contributed by atoms with E-state index >= 15 is 0 Å². The molecule has 2 heteroatoms. The third-order valence-corrected chi connectivity index (χ3v) is 9.94.